The Balaban J connectivity index is 2.47. The van der Waals surface area contributed by atoms with Gasteiger partial charge in [-0.2, -0.15) is 4.98 Å². The fourth-order valence-electron chi connectivity index (χ4n) is 1.59. The standard InChI is InChI=1S/C12H12N2O6S/c1-7-6-20-12(13-7)14-21(17,18)10-5-8(11(15)16)3-4-9(10)19-2/h3-6H,1-2H3,(H,13,14)(H,15,16). The number of anilines is 1. The highest BCUT2D eigenvalue weighted by atomic mass is 32.2. The van der Waals surface area contributed by atoms with Crippen LogP contribution in [0, 0.1) is 6.92 Å². The van der Waals surface area contributed by atoms with Gasteiger partial charge in [0.05, 0.1) is 18.4 Å². The third-order valence-electron chi connectivity index (χ3n) is 2.54. The molecule has 0 bridgehead atoms. The molecule has 0 spiro atoms. The highest BCUT2D eigenvalue weighted by Gasteiger charge is 2.23. The van der Waals surface area contributed by atoms with Gasteiger partial charge in [0.15, 0.2) is 0 Å². The van der Waals surface area contributed by atoms with Crippen LogP contribution in [0.5, 0.6) is 5.75 Å². The number of carbonyl (C=O) groups is 1. The van der Waals surface area contributed by atoms with Crippen LogP contribution in [0.2, 0.25) is 0 Å². The van der Waals surface area contributed by atoms with Crippen molar-refractivity contribution < 1.29 is 27.5 Å². The quantitative estimate of drug-likeness (QED) is 0.858. The molecule has 0 aliphatic carbocycles. The van der Waals surface area contributed by atoms with Crippen LogP contribution in [0.1, 0.15) is 16.1 Å². The van der Waals surface area contributed by atoms with E-state index in [1.165, 1.54) is 25.5 Å². The summed E-state index contributed by atoms with van der Waals surface area (Å²) in [6.45, 7) is 1.63. The van der Waals surface area contributed by atoms with Crippen molar-refractivity contribution in [2.75, 3.05) is 11.8 Å². The van der Waals surface area contributed by atoms with Crippen molar-refractivity contribution in [3.8, 4) is 5.75 Å². The number of aromatic carboxylic acids is 1. The van der Waals surface area contributed by atoms with Gasteiger partial charge in [0.25, 0.3) is 10.0 Å². The topological polar surface area (TPSA) is 119 Å². The van der Waals surface area contributed by atoms with E-state index in [0.29, 0.717) is 5.69 Å². The van der Waals surface area contributed by atoms with Crippen molar-refractivity contribution >= 4 is 22.0 Å². The molecule has 0 saturated carbocycles. The van der Waals surface area contributed by atoms with E-state index in [4.69, 9.17) is 14.3 Å². The van der Waals surface area contributed by atoms with Crippen LogP contribution in [0.4, 0.5) is 6.01 Å². The van der Waals surface area contributed by atoms with E-state index in [-0.39, 0.29) is 22.2 Å². The summed E-state index contributed by atoms with van der Waals surface area (Å²) in [5.74, 6) is -1.24. The number of ether oxygens (including phenoxy) is 1. The third kappa shape index (κ3) is 3.14. The molecule has 1 heterocycles. The first-order chi connectivity index (χ1) is 9.83. The predicted octanol–water partition coefficient (Wildman–Crippen LogP) is 1.49. The fraction of sp³-hybridized carbons (Fsp3) is 0.167. The van der Waals surface area contributed by atoms with Crippen molar-refractivity contribution in [1.29, 1.82) is 0 Å². The van der Waals surface area contributed by atoms with Gasteiger partial charge in [-0.3, -0.25) is 0 Å². The Bertz CT molecular complexity index is 781. The van der Waals surface area contributed by atoms with Crippen LogP contribution < -0.4 is 9.46 Å². The summed E-state index contributed by atoms with van der Waals surface area (Å²) < 4.78 is 36.5. The molecule has 112 valence electrons. The van der Waals surface area contributed by atoms with Gasteiger partial charge in [-0.15, -0.1) is 0 Å². The maximum Gasteiger partial charge on any atom is 0.335 e. The molecule has 0 atom stereocenters. The predicted molar refractivity (Wildman–Crippen MR) is 72.0 cm³/mol. The number of oxazole rings is 1. The van der Waals surface area contributed by atoms with E-state index >= 15 is 0 Å². The minimum Gasteiger partial charge on any atom is -0.495 e. The Labute approximate surface area is 120 Å². The summed E-state index contributed by atoms with van der Waals surface area (Å²) in [7, 11) is -2.81. The number of hydrogen-bond donors (Lipinski definition) is 2. The lowest BCUT2D eigenvalue weighted by molar-refractivity contribution is 0.0696. The number of nitrogens with one attached hydrogen (secondary N) is 1. The van der Waals surface area contributed by atoms with Crippen LogP contribution in [0.15, 0.2) is 33.8 Å². The highest BCUT2D eigenvalue weighted by Crippen LogP contribution is 2.26. The van der Waals surface area contributed by atoms with Crippen LogP contribution in [0.25, 0.3) is 0 Å². The van der Waals surface area contributed by atoms with Gasteiger partial charge >= 0.3 is 12.0 Å². The molecule has 21 heavy (non-hydrogen) atoms. The molecule has 0 amide bonds. The summed E-state index contributed by atoms with van der Waals surface area (Å²) in [4.78, 5) is 14.5. The zero-order valence-corrected chi connectivity index (χ0v) is 12.0. The van der Waals surface area contributed by atoms with Gasteiger partial charge in [0.2, 0.25) is 0 Å². The zero-order valence-electron chi connectivity index (χ0n) is 11.2. The van der Waals surface area contributed by atoms with Crippen LogP contribution in [-0.4, -0.2) is 31.6 Å². The van der Waals surface area contributed by atoms with Gasteiger partial charge in [0.1, 0.15) is 16.9 Å². The maximum absolute atomic E-state index is 12.3. The van der Waals surface area contributed by atoms with Crippen molar-refractivity contribution in [3.63, 3.8) is 0 Å². The molecule has 0 fully saturated rings. The molecule has 0 aliphatic heterocycles. The van der Waals surface area contributed by atoms with Gasteiger partial charge in [0, 0.05) is 0 Å². The first kappa shape index (κ1) is 14.9. The van der Waals surface area contributed by atoms with Crippen LogP contribution >= 0.6 is 0 Å². The first-order valence-corrected chi connectivity index (χ1v) is 7.18. The zero-order chi connectivity index (χ0) is 15.6. The van der Waals surface area contributed by atoms with E-state index in [9.17, 15) is 13.2 Å². The van der Waals surface area contributed by atoms with Gasteiger partial charge in [-0.05, 0) is 25.1 Å². The molecule has 1 aromatic carbocycles. The Morgan fingerprint density at radius 3 is 2.67 bits per heavy atom. The van der Waals surface area contributed by atoms with Gasteiger partial charge < -0.3 is 14.3 Å². The molecule has 2 aromatic rings. The second-order valence-electron chi connectivity index (χ2n) is 4.07. The SMILES string of the molecule is COc1ccc(C(=O)O)cc1S(=O)(=O)Nc1nc(C)co1. The number of nitrogens with zero attached hydrogens (tertiary/aromatic N) is 1. The number of carboxylic acids is 1. The molecule has 2 N–H and O–H groups in total. The number of aryl methyl sites for hydroxylation is 1. The Hall–Kier alpha value is -2.55. The fourth-order valence-corrected chi connectivity index (χ4v) is 2.72. The van der Waals surface area contributed by atoms with E-state index in [2.05, 4.69) is 9.71 Å². The van der Waals surface area contributed by atoms with E-state index in [1.807, 2.05) is 0 Å². The first-order valence-electron chi connectivity index (χ1n) is 5.70. The number of rotatable bonds is 5. The Morgan fingerprint density at radius 2 is 2.14 bits per heavy atom. The third-order valence-corrected chi connectivity index (χ3v) is 3.88. The molecule has 2 rings (SSSR count). The molecule has 8 nitrogen and oxygen atoms in total. The molecular formula is C12H12N2O6S. The summed E-state index contributed by atoms with van der Waals surface area (Å²) >= 11 is 0. The Kier molecular flexibility index (Phi) is 3.85. The summed E-state index contributed by atoms with van der Waals surface area (Å²) in [5, 5.41) is 8.94. The summed E-state index contributed by atoms with van der Waals surface area (Å²) in [6, 6.07) is 3.29. The molecule has 0 saturated heterocycles. The molecular weight excluding hydrogens is 300 g/mol. The number of benzene rings is 1. The average Bonchev–Trinajstić information content (AvgIpc) is 2.82. The largest absolute Gasteiger partial charge is 0.495 e. The van der Waals surface area contributed by atoms with Crippen molar-refractivity contribution in [2.24, 2.45) is 0 Å². The monoisotopic (exact) mass is 312 g/mol. The normalized spacial score (nSPS) is 11.1. The minimum absolute atomic E-state index is 0.00998. The number of aromatic nitrogens is 1. The number of hydrogen-bond acceptors (Lipinski definition) is 6. The van der Waals surface area contributed by atoms with Crippen molar-refractivity contribution in [3.05, 3.63) is 35.7 Å². The van der Waals surface area contributed by atoms with E-state index in [0.717, 1.165) is 6.07 Å². The second kappa shape index (κ2) is 5.44. The number of sulfonamides is 1. The van der Waals surface area contributed by atoms with Crippen LogP contribution in [-0.2, 0) is 10.0 Å². The molecule has 0 aliphatic rings. The van der Waals surface area contributed by atoms with E-state index in [1.54, 1.807) is 6.92 Å². The smallest absolute Gasteiger partial charge is 0.335 e. The van der Waals surface area contributed by atoms with Gasteiger partial charge in [-0.1, -0.05) is 0 Å². The number of methoxy groups -OCH3 is 1. The van der Waals surface area contributed by atoms with Gasteiger partial charge in [-0.25, -0.2) is 17.9 Å². The lowest BCUT2D eigenvalue weighted by atomic mass is 10.2. The molecule has 0 radical (unpaired) electrons. The van der Waals surface area contributed by atoms with Crippen LogP contribution in [0.3, 0.4) is 0 Å². The lowest BCUT2D eigenvalue weighted by Crippen LogP contribution is -2.15. The molecule has 9 heteroatoms. The highest BCUT2D eigenvalue weighted by molar-refractivity contribution is 7.92. The second-order valence-corrected chi connectivity index (χ2v) is 5.72. The lowest BCUT2D eigenvalue weighted by Gasteiger charge is -2.10. The average molecular weight is 312 g/mol. The summed E-state index contributed by atoms with van der Waals surface area (Å²) in [5.41, 5.74) is 0.318. The summed E-state index contributed by atoms with van der Waals surface area (Å²) in [6.07, 6.45) is 1.28. The van der Waals surface area contributed by atoms with Crippen molar-refractivity contribution in [2.45, 2.75) is 11.8 Å². The van der Waals surface area contributed by atoms with E-state index < -0.39 is 16.0 Å². The minimum atomic E-state index is -4.09. The Morgan fingerprint density at radius 1 is 1.43 bits per heavy atom. The van der Waals surface area contributed by atoms with Crippen molar-refractivity contribution in [1.82, 2.24) is 4.98 Å². The maximum atomic E-state index is 12.3. The molecule has 0 unspecified atom stereocenters. The number of carboxylic acid groups (broad SMARTS) is 1. The molecule has 1 aromatic heterocycles.